The zero-order valence-electron chi connectivity index (χ0n) is 14.0. The minimum absolute atomic E-state index is 0.207. The van der Waals surface area contributed by atoms with E-state index in [1.807, 2.05) is 31.2 Å². The Morgan fingerprint density at radius 3 is 2.54 bits per heavy atom. The van der Waals surface area contributed by atoms with Crippen molar-refractivity contribution in [1.29, 1.82) is 0 Å². The molecule has 0 saturated heterocycles. The van der Waals surface area contributed by atoms with Crippen molar-refractivity contribution in [3.8, 4) is 11.5 Å². The van der Waals surface area contributed by atoms with Crippen molar-refractivity contribution in [2.45, 2.75) is 6.92 Å². The normalized spacial score (nSPS) is 10.3. The molecular formula is C18H21ClN2O3. The van der Waals surface area contributed by atoms with Gasteiger partial charge in [-0.2, -0.15) is 0 Å². The van der Waals surface area contributed by atoms with Crippen LogP contribution >= 0.6 is 11.6 Å². The summed E-state index contributed by atoms with van der Waals surface area (Å²) in [5, 5.41) is 0.323. The number of halogens is 1. The molecule has 0 unspecified atom stereocenters. The van der Waals surface area contributed by atoms with Crippen molar-refractivity contribution in [3.05, 3.63) is 52.5 Å². The van der Waals surface area contributed by atoms with Gasteiger partial charge in [0.1, 0.15) is 18.1 Å². The molecule has 128 valence electrons. The molecule has 0 aliphatic carbocycles. The van der Waals surface area contributed by atoms with Crippen LogP contribution in [-0.4, -0.2) is 38.1 Å². The smallest absolute Gasteiger partial charge is 0.257 e. The van der Waals surface area contributed by atoms with Crippen LogP contribution < -0.4 is 15.2 Å². The Morgan fingerprint density at radius 2 is 1.92 bits per heavy atom. The largest absolute Gasteiger partial charge is 0.496 e. The molecule has 0 fully saturated rings. The number of aryl methyl sites for hydroxylation is 1. The first kappa shape index (κ1) is 17.9. The molecule has 2 rings (SSSR count). The van der Waals surface area contributed by atoms with Gasteiger partial charge in [0, 0.05) is 13.1 Å². The van der Waals surface area contributed by atoms with Gasteiger partial charge in [-0.3, -0.25) is 4.79 Å². The summed E-state index contributed by atoms with van der Waals surface area (Å²) in [6.45, 7) is 2.83. The number of nitrogens with zero attached hydrogens (tertiary/aromatic N) is 1. The third-order valence-corrected chi connectivity index (χ3v) is 3.94. The van der Waals surface area contributed by atoms with Crippen LogP contribution in [0.25, 0.3) is 0 Å². The Hall–Kier alpha value is -2.40. The number of ether oxygens (including phenoxy) is 2. The van der Waals surface area contributed by atoms with Gasteiger partial charge in [-0.1, -0.05) is 29.3 Å². The predicted octanol–water partition coefficient (Wildman–Crippen LogP) is 3.39. The van der Waals surface area contributed by atoms with E-state index in [0.29, 0.717) is 35.2 Å². The van der Waals surface area contributed by atoms with Crippen LogP contribution in [0, 0.1) is 6.92 Å². The molecule has 0 radical (unpaired) electrons. The Kier molecular flexibility index (Phi) is 5.93. The number of anilines is 1. The van der Waals surface area contributed by atoms with Gasteiger partial charge in [0.25, 0.3) is 5.91 Å². The van der Waals surface area contributed by atoms with Gasteiger partial charge in [-0.25, -0.2) is 0 Å². The minimum atomic E-state index is -0.207. The van der Waals surface area contributed by atoms with Crippen LogP contribution in [0.2, 0.25) is 5.02 Å². The first-order valence-electron chi connectivity index (χ1n) is 7.50. The number of methoxy groups -OCH3 is 1. The van der Waals surface area contributed by atoms with Crippen molar-refractivity contribution in [2.24, 2.45) is 0 Å². The average Bonchev–Trinajstić information content (AvgIpc) is 2.57. The molecule has 0 spiro atoms. The van der Waals surface area contributed by atoms with Crippen molar-refractivity contribution < 1.29 is 14.3 Å². The SMILES string of the molecule is COc1cc(N)c(Cl)cc1C(=O)N(C)CCOc1ccc(C)cc1. The zero-order valence-corrected chi connectivity index (χ0v) is 14.8. The summed E-state index contributed by atoms with van der Waals surface area (Å²) in [5.41, 5.74) is 7.65. The van der Waals surface area contributed by atoms with Gasteiger partial charge < -0.3 is 20.1 Å². The maximum absolute atomic E-state index is 12.6. The van der Waals surface area contributed by atoms with E-state index in [2.05, 4.69) is 0 Å². The number of likely N-dealkylation sites (N-methyl/N-ethyl adjacent to an activating group) is 1. The number of carbonyl (C=O) groups excluding carboxylic acids is 1. The fraction of sp³-hybridized carbons (Fsp3) is 0.278. The summed E-state index contributed by atoms with van der Waals surface area (Å²) >= 11 is 6.01. The first-order chi connectivity index (χ1) is 11.4. The Bertz CT molecular complexity index is 717. The number of hydrogen-bond acceptors (Lipinski definition) is 4. The number of nitrogen functional groups attached to an aromatic ring is 1. The molecule has 6 heteroatoms. The van der Waals surface area contributed by atoms with E-state index >= 15 is 0 Å². The maximum Gasteiger partial charge on any atom is 0.257 e. The molecule has 0 aliphatic rings. The molecule has 0 atom stereocenters. The standard InChI is InChI=1S/C18H21ClN2O3/c1-12-4-6-13(7-5-12)24-9-8-21(2)18(22)14-10-15(19)16(20)11-17(14)23-3/h4-7,10-11H,8-9,20H2,1-3H3. The molecule has 5 nitrogen and oxygen atoms in total. The highest BCUT2D eigenvalue weighted by molar-refractivity contribution is 6.33. The number of benzene rings is 2. The molecule has 2 N–H and O–H groups in total. The molecular weight excluding hydrogens is 328 g/mol. The lowest BCUT2D eigenvalue weighted by Crippen LogP contribution is -2.31. The number of rotatable bonds is 6. The second kappa shape index (κ2) is 7.93. The lowest BCUT2D eigenvalue weighted by atomic mass is 10.1. The van der Waals surface area contributed by atoms with E-state index in [4.69, 9.17) is 26.8 Å². The molecule has 0 bridgehead atoms. The van der Waals surface area contributed by atoms with E-state index in [9.17, 15) is 4.79 Å². The van der Waals surface area contributed by atoms with Crippen LogP contribution in [-0.2, 0) is 0 Å². The lowest BCUT2D eigenvalue weighted by molar-refractivity contribution is 0.0770. The van der Waals surface area contributed by atoms with E-state index in [1.54, 1.807) is 18.0 Å². The molecule has 2 aromatic rings. The van der Waals surface area contributed by atoms with Gasteiger partial charge in [0.15, 0.2) is 0 Å². The minimum Gasteiger partial charge on any atom is -0.496 e. The monoisotopic (exact) mass is 348 g/mol. The maximum atomic E-state index is 12.6. The van der Waals surface area contributed by atoms with Crippen LogP contribution in [0.1, 0.15) is 15.9 Å². The van der Waals surface area contributed by atoms with Crippen molar-refractivity contribution in [3.63, 3.8) is 0 Å². The number of hydrogen-bond donors (Lipinski definition) is 1. The number of amides is 1. The van der Waals surface area contributed by atoms with Crippen LogP contribution in [0.4, 0.5) is 5.69 Å². The Morgan fingerprint density at radius 1 is 1.25 bits per heavy atom. The molecule has 2 aromatic carbocycles. The zero-order chi connectivity index (χ0) is 17.7. The Balaban J connectivity index is 1.99. The van der Waals surface area contributed by atoms with Crippen LogP contribution in [0.3, 0.4) is 0 Å². The van der Waals surface area contributed by atoms with Crippen molar-refractivity contribution in [2.75, 3.05) is 33.0 Å². The van der Waals surface area contributed by atoms with E-state index in [-0.39, 0.29) is 5.91 Å². The molecule has 0 aliphatic heterocycles. The summed E-state index contributed by atoms with van der Waals surface area (Å²) in [5.74, 6) is 0.962. The number of nitrogens with two attached hydrogens (primary N) is 1. The first-order valence-corrected chi connectivity index (χ1v) is 7.88. The molecule has 1 amide bonds. The third-order valence-electron chi connectivity index (χ3n) is 3.61. The number of carbonyl (C=O) groups is 1. The fourth-order valence-corrected chi connectivity index (χ4v) is 2.31. The van der Waals surface area contributed by atoms with Crippen molar-refractivity contribution in [1.82, 2.24) is 4.90 Å². The van der Waals surface area contributed by atoms with E-state index in [0.717, 1.165) is 5.75 Å². The highest BCUT2D eigenvalue weighted by Gasteiger charge is 2.18. The highest BCUT2D eigenvalue weighted by Crippen LogP contribution is 2.29. The van der Waals surface area contributed by atoms with E-state index in [1.165, 1.54) is 18.7 Å². The van der Waals surface area contributed by atoms with Gasteiger partial charge in [0.2, 0.25) is 0 Å². The topological polar surface area (TPSA) is 64.8 Å². The van der Waals surface area contributed by atoms with Gasteiger partial charge in [0.05, 0.1) is 29.9 Å². The summed E-state index contributed by atoms with van der Waals surface area (Å²) in [6.07, 6.45) is 0. The van der Waals surface area contributed by atoms with Gasteiger partial charge >= 0.3 is 0 Å². The summed E-state index contributed by atoms with van der Waals surface area (Å²) in [7, 11) is 3.19. The molecule has 0 aromatic heterocycles. The summed E-state index contributed by atoms with van der Waals surface area (Å²) < 4.78 is 10.9. The molecule has 24 heavy (non-hydrogen) atoms. The molecule has 0 saturated carbocycles. The van der Waals surface area contributed by atoms with E-state index < -0.39 is 0 Å². The molecule has 0 heterocycles. The Labute approximate surface area is 146 Å². The van der Waals surface area contributed by atoms with Crippen LogP contribution in [0.5, 0.6) is 11.5 Å². The van der Waals surface area contributed by atoms with Gasteiger partial charge in [-0.05, 0) is 25.1 Å². The lowest BCUT2D eigenvalue weighted by Gasteiger charge is -2.19. The quantitative estimate of drug-likeness (QED) is 0.813. The summed E-state index contributed by atoms with van der Waals surface area (Å²) in [6, 6.07) is 10.8. The second-order valence-electron chi connectivity index (χ2n) is 5.46. The summed E-state index contributed by atoms with van der Waals surface area (Å²) in [4.78, 5) is 14.1. The predicted molar refractivity (Wildman–Crippen MR) is 96.1 cm³/mol. The third kappa shape index (κ3) is 4.32. The highest BCUT2D eigenvalue weighted by atomic mass is 35.5. The van der Waals surface area contributed by atoms with Crippen LogP contribution in [0.15, 0.2) is 36.4 Å². The second-order valence-corrected chi connectivity index (χ2v) is 5.87. The fourth-order valence-electron chi connectivity index (χ4n) is 2.15. The van der Waals surface area contributed by atoms with Crippen molar-refractivity contribution >= 4 is 23.2 Å². The average molecular weight is 349 g/mol. The van der Waals surface area contributed by atoms with Gasteiger partial charge in [-0.15, -0.1) is 0 Å².